The molecule has 1 unspecified atom stereocenters. The van der Waals surface area contributed by atoms with Gasteiger partial charge in [-0.15, -0.1) is 0 Å². The van der Waals surface area contributed by atoms with Crippen LogP contribution in [0, 0.1) is 11.8 Å². The van der Waals surface area contributed by atoms with Crippen molar-refractivity contribution in [2.75, 3.05) is 5.75 Å². The summed E-state index contributed by atoms with van der Waals surface area (Å²) in [6.07, 6.45) is 9.65. The molecule has 2 nitrogen and oxygen atoms in total. The largest absolute Gasteiger partial charge is 0.359 e. The molecule has 2 saturated carbocycles. The first-order valence-electron chi connectivity index (χ1n) is 7.64. The van der Waals surface area contributed by atoms with Crippen LogP contribution in [0.25, 0.3) is 0 Å². The summed E-state index contributed by atoms with van der Waals surface area (Å²) in [6.45, 7) is 4.67. The van der Waals surface area contributed by atoms with Gasteiger partial charge in [0.15, 0.2) is 5.17 Å². The third-order valence-electron chi connectivity index (χ3n) is 4.80. The fraction of sp³-hybridized carbons (Fsp3) is 0.933. The van der Waals surface area contributed by atoms with Gasteiger partial charge in [0, 0.05) is 11.3 Å². The Bertz CT molecular complexity index is 327. The van der Waals surface area contributed by atoms with Crippen molar-refractivity contribution in [3.8, 4) is 0 Å². The van der Waals surface area contributed by atoms with E-state index in [0.29, 0.717) is 11.6 Å². The Morgan fingerprint density at radius 1 is 1.33 bits per heavy atom. The van der Waals surface area contributed by atoms with Crippen LogP contribution in [-0.4, -0.2) is 22.5 Å². The highest BCUT2D eigenvalue weighted by Crippen LogP contribution is 2.39. The van der Waals surface area contributed by atoms with E-state index in [1.54, 1.807) is 0 Å². The Kier molecular flexibility index (Phi) is 3.61. The second-order valence-corrected chi connectivity index (χ2v) is 7.80. The van der Waals surface area contributed by atoms with Crippen molar-refractivity contribution >= 4 is 16.9 Å². The molecule has 3 aliphatic rings. The molecule has 3 fully saturated rings. The van der Waals surface area contributed by atoms with Crippen molar-refractivity contribution in [1.82, 2.24) is 5.32 Å². The monoisotopic (exact) mass is 266 g/mol. The molecular formula is C15H26N2S. The summed E-state index contributed by atoms with van der Waals surface area (Å²) in [7, 11) is 0. The van der Waals surface area contributed by atoms with Crippen molar-refractivity contribution in [3.63, 3.8) is 0 Å². The molecule has 3 heteroatoms. The molecule has 1 aliphatic heterocycles. The van der Waals surface area contributed by atoms with Crippen LogP contribution in [0.2, 0.25) is 0 Å². The average Bonchev–Trinajstić information content (AvgIpc) is 3.06. The summed E-state index contributed by atoms with van der Waals surface area (Å²) in [6, 6.07) is 0.519. The fourth-order valence-electron chi connectivity index (χ4n) is 3.25. The van der Waals surface area contributed by atoms with Crippen LogP contribution in [0.5, 0.6) is 0 Å². The number of nitrogens with zero attached hydrogens (tertiary/aromatic N) is 1. The lowest BCUT2D eigenvalue weighted by Crippen LogP contribution is -2.46. The number of nitrogens with one attached hydrogen (secondary N) is 1. The van der Waals surface area contributed by atoms with Gasteiger partial charge in [-0.25, -0.2) is 0 Å². The maximum atomic E-state index is 4.89. The van der Waals surface area contributed by atoms with Crippen molar-refractivity contribution in [2.45, 2.75) is 70.4 Å². The first-order valence-corrected chi connectivity index (χ1v) is 8.63. The highest BCUT2D eigenvalue weighted by molar-refractivity contribution is 8.14. The molecule has 1 heterocycles. The predicted molar refractivity (Wildman–Crippen MR) is 80.2 cm³/mol. The van der Waals surface area contributed by atoms with Gasteiger partial charge in [0.25, 0.3) is 0 Å². The lowest BCUT2D eigenvalue weighted by molar-refractivity contribution is 0.250. The molecule has 1 spiro atoms. The van der Waals surface area contributed by atoms with E-state index in [4.69, 9.17) is 4.99 Å². The highest BCUT2D eigenvalue weighted by atomic mass is 32.2. The van der Waals surface area contributed by atoms with Crippen LogP contribution >= 0.6 is 11.8 Å². The van der Waals surface area contributed by atoms with Gasteiger partial charge >= 0.3 is 0 Å². The quantitative estimate of drug-likeness (QED) is 0.840. The minimum absolute atomic E-state index is 0.398. The van der Waals surface area contributed by atoms with Crippen LogP contribution < -0.4 is 5.32 Å². The van der Waals surface area contributed by atoms with Crippen LogP contribution in [0.3, 0.4) is 0 Å². The van der Waals surface area contributed by atoms with Crippen LogP contribution in [0.15, 0.2) is 4.99 Å². The van der Waals surface area contributed by atoms with Gasteiger partial charge < -0.3 is 5.32 Å². The lowest BCUT2D eigenvalue weighted by Gasteiger charge is -2.35. The summed E-state index contributed by atoms with van der Waals surface area (Å²) in [5.74, 6) is 3.16. The first kappa shape index (κ1) is 12.8. The topological polar surface area (TPSA) is 24.4 Å². The number of aliphatic imine (C=N–C) groups is 1. The van der Waals surface area contributed by atoms with Gasteiger partial charge in [0.2, 0.25) is 0 Å². The second-order valence-electron chi connectivity index (χ2n) is 6.84. The molecule has 1 N–H and O–H groups in total. The van der Waals surface area contributed by atoms with E-state index >= 15 is 0 Å². The van der Waals surface area contributed by atoms with Crippen LogP contribution in [-0.2, 0) is 0 Å². The summed E-state index contributed by atoms with van der Waals surface area (Å²) in [5, 5.41) is 5.00. The third-order valence-corrected chi connectivity index (χ3v) is 5.98. The van der Waals surface area contributed by atoms with E-state index < -0.39 is 0 Å². The first-order chi connectivity index (χ1) is 8.65. The van der Waals surface area contributed by atoms with Gasteiger partial charge in [0.1, 0.15) is 0 Å². The van der Waals surface area contributed by atoms with Crippen molar-refractivity contribution < 1.29 is 0 Å². The molecule has 3 rings (SSSR count). The Labute approximate surface area is 115 Å². The zero-order valence-corrected chi connectivity index (χ0v) is 12.6. The maximum absolute atomic E-state index is 4.89. The molecule has 18 heavy (non-hydrogen) atoms. The average molecular weight is 266 g/mol. The van der Waals surface area contributed by atoms with E-state index in [0.717, 1.165) is 11.8 Å². The number of thioether (sulfide) groups is 1. The van der Waals surface area contributed by atoms with Crippen LogP contribution in [0.4, 0.5) is 0 Å². The van der Waals surface area contributed by atoms with Gasteiger partial charge in [-0.3, -0.25) is 4.99 Å². The highest BCUT2D eigenvalue weighted by Gasteiger charge is 2.39. The minimum Gasteiger partial charge on any atom is -0.359 e. The predicted octanol–water partition coefficient (Wildman–Crippen LogP) is 3.82. The Morgan fingerprint density at radius 2 is 2.06 bits per heavy atom. The molecule has 102 valence electrons. The SMILES string of the molecule is CC1CCC2(CC1)CSC(=NC(C)CC1CC1)N2. The van der Waals surface area contributed by atoms with Crippen molar-refractivity contribution in [3.05, 3.63) is 0 Å². The smallest absolute Gasteiger partial charge is 0.157 e. The Hall–Kier alpha value is -0.180. The fourth-order valence-corrected chi connectivity index (χ4v) is 4.56. The molecule has 0 amide bonds. The summed E-state index contributed by atoms with van der Waals surface area (Å²) >= 11 is 1.96. The normalized spacial score (nSPS) is 40.1. The second kappa shape index (κ2) is 5.07. The summed E-state index contributed by atoms with van der Waals surface area (Å²) in [5.41, 5.74) is 0.398. The van der Waals surface area contributed by atoms with Crippen molar-refractivity contribution in [1.29, 1.82) is 0 Å². The zero-order chi connectivity index (χ0) is 12.6. The third kappa shape index (κ3) is 3.04. The zero-order valence-electron chi connectivity index (χ0n) is 11.7. The van der Waals surface area contributed by atoms with Crippen LogP contribution in [0.1, 0.15) is 58.8 Å². The van der Waals surface area contributed by atoms with Gasteiger partial charge in [0.05, 0.1) is 6.04 Å². The van der Waals surface area contributed by atoms with Gasteiger partial charge in [-0.2, -0.15) is 0 Å². The maximum Gasteiger partial charge on any atom is 0.157 e. The molecule has 2 aliphatic carbocycles. The molecular weight excluding hydrogens is 240 g/mol. The summed E-state index contributed by atoms with van der Waals surface area (Å²) in [4.78, 5) is 4.89. The minimum atomic E-state index is 0.398. The summed E-state index contributed by atoms with van der Waals surface area (Å²) < 4.78 is 0. The van der Waals surface area contributed by atoms with Crippen molar-refractivity contribution in [2.24, 2.45) is 16.8 Å². The number of hydrogen-bond acceptors (Lipinski definition) is 2. The van der Waals surface area contributed by atoms with Gasteiger partial charge in [-0.1, -0.05) is 31.5 Å². The molecule has 0 aromatic carbocycles. The van der Waals surface area contributed by atoms with E-state index in [2.05, 4.69) is 19.2 Å². The molecule has 1 saturated heterocycles. The van der Waals surface area contributed by atoms with E-state index in [1.165, 1.54) is 55.9 Å². The lowest BCUT2D eigenvalue weighted by atomic mass is 9.78. The number of rotatable bonds is 3. The Morgan fingerprint density at radius 3 is 2.72 bits per heavy atom. The van der Waals surface area contributed by atoms with E-state index in [9.17, 15) is 0 Å². The molecule has 0 bridgehead atoms. The van der Waals surface area contributed by atoms with E-state index in [-0.39, 0.29) is 0 Å². The molecule has 0 aromatic heterocycles. The van der Waals surface area contributed by atoms with E-state index in [1.807, 2.05) is 11.8 Å². The Balaban J connectivity index is 1.55. The number of amidine groups is 1. The van der Waals surface area contributed by atoms with Gasteiger partial charge in [-0.05, 0) is 50.9 Å². The molecule has 0 radical (unpaired) electrons. The molecule has 0 aromatic rings. The standard InChI is InChI=1S/C15H26N2S/c1-11-5-7-15(8-6-11)10-18-14(17-15)16-12(2)9-13-3-4-13/h11-13H,3-10H2,1-2H3,(H,16,17). The molecule has 1 atom stereocenters. The number of hydrogen-bond donors (Lipinski definition) is 1.